The molecule has 22 heavy (non-hydrogen) atoms. The van der Waals surface area contributed by atoms with Gasteiger partial charge in [0.25, 0.3) is 5.91 Å². The number of aliphatic hydroxyl groups excluding tert-OH is 1. The summed E-state index contributed by atoms with van der Waals surface area (Å²) in [5.74, 6) is -0.108. The van der Waals surface area contributed by atoms with Crippen molar-refractivity contribution in [2.75, 3.05) is 19.6 Å². The summed E-state index contributed by atoms with van der Waals surface area (Å²) in [7, 11) is 0. The molecule has 118 valence electrons. The van der Waals surface area contributed by atoms with Crippen LogP contribution in [0.25, 0.3) is 11.3 Å². The largest absolute Gasteiger partial charge is 0.391 e. The predicted molar refractivity (Wildman–Crippen MR) is 83.9 cm³/mol. The number of aromatic nitrogens is 1. The van der Waals surface area contributed by atoms with Crippen LogP contribution in [0, 0.1) is 5.92 Å². The van der Waals surface area contributed by atoms with Crippen molar-refractivity contribution in [3.05, 3.63) is 42.2 Å². The summed E-state index contributed by atoms with van der Waals surface area (Å²) >= 11 is 0. The van der Waals surface area contributed by atoms with Gasteiger partial charge in [0.05, 0.1) is 6.10 Å². The summed E-state index contributed by atoms with van der Waals surface area (Å²) in [6, 6.07) is 11.1. The first-order chi connectivity index (χ1) is 10.2. The highest BCUT2D eigenvalue weighted by molar-refractivity contribution is 5.92. The van der Waals surface area contributed by atoms with Crippen molar-refractivity contribution in [1.29, 1.82) is 0 Å². The number of hydrogen-bond donors (Lipinski definition) is 3. The fourth-order valence-corrected chi connectivity index (χ4v) is 2.37. The molecule has 0 aliphatic carbocycles. The maximum absolute atomic E-state index is 12.0. The van der Waals surface area contributed by atoms with Crippen LogP contribution in [0.2, 0.25) is 0 Å². The summed E-state index contributed by atoms with van der Waals surface area (Å²) in [5.41, 5.74) is 1.53. The smallest absolute Gasteiger partial charge is 0.289 e. The van der Waals surface area contributed by atoms with Crippen LogP contribution in [0.4, 0.5) is 0 Å². The molecule has 0 radical (unpaired) electrons. The number of amides is 1. The van der Waals surface area contributed by atoms with Gasteiger partial charge in [0.15, 0.2) is 0 Å². The summed E-state index contributed by atoms with van der Waals surface area (Å²) in [4.78, 5) is 12.0. The Bertz CT molecular complexity index is 618. The molecule has 2 atom stereocenters. The molecule has 1 amide bonds. The highest BCUT2D eigenvalue weighted by Gasteiger charge is 2.25. The second-order valence-corrected chi connectivity index (χ2v) is 5.14. The maximum atomic E-state index is 12.0. The van der Waals surface area contributed by atoms with Gasteiger partial charge in [-0.1, -0.05) is 35.5 Å². The molecule has 2 unspecified atom stereocenters. The summed E-state index contributed by atoms with van der Waals surface area (Å²) in [5, 5.41) is 19.4. The molecular weight excluding hydrogens is 306 g/mol. The van der Waals surface area contributed by atoms with Crippen molar-refractivity contribution in [3.8, 4) is 11.3 Å². The van der Waals surface area contributed by atoms with E-state index in [9.17, 15) is 9.90 Å². The minimum Gasteiger partial charge on any atom is -0.391 e. The van der Waals surface area contributed by atoms with Crippen LogP contribution >= 0.6 is 12.4 Å². The zero-order chi connectivity index (χ0) is 14.7. The van der Waals surface area contributed by atoms with Gasteiger partial charge in [0.2, 0.25) is 5.76 Å². The Morgan fingerprint density at radius 1 is 1.36 bits per heavy atom. The first kappa shape index (κ1) is 16.5. The molecule has 0 saturated carbocycles. The number of carbonyl (C=O) groups is 1. The molecule has 1 aliphatic heterocycles. The third kappa shape index (κ3) is 3.65. The minimum absolute atomic E-state index is 0. The first-order valence-electron chi connectivity index (χ1n) is 6.93. The maximum Gasteiger partial charge on any atom is 0.289 e. The summed E-state index contributed by atoms with van der Waals surface area (Å²) < 4.78 is 5.08. The number of benzene rings is 1. The average Bonchev–Trinajstić information content (AvgIpc) is 3.15. The standard InChI is InChI=1S/C15H17N3O3.ClH/c19-13-9-16-7-11(13)8-17-15(20)14-6-12(18-21-14)10-4-2-1-3-5-10;/h1-6,11,13,16,19H,7-9H2,(H,17,20);1H. The lowest BCUT2D eigenvalue weighted by molar-refractivity contribution is 0.0891. The fourth-order valence-electron chi connectivity index (χ4n) is 2.37. The summed E-state index contributed by atoms with van der Waals surface area (Å²) in [6.45, 7) is 1.68. The van der Waals surface area contributed by atoms with Gasteiger partial charge in [-0.25, -0.2) is 0 Å². The van der Waals surface area contributed by atoms with E-state index in [0.29, 0.717) is 25.3 Å². The highest BCUT2D eigenvalue weighted by atomic mass is 35.5. The number of β-amino-alcohol motifs (C(OH)–C–C–N with tert-alkyl or cyclic N) is 1. The zero-order valence-corrected chi connectivity index (χ0v) is 12.7. The number of rotatable bonds is 4. The van der Waals surface area contributed by atoms with E-state index in [1.165, 1.54) is 0 Å². The van der Waals surface area contributed by atoms with Crippen molar-refractivity contribution in [2.45, 2.75) is 6.10 Å². The summed E-state index contributed by atoms with van der Waals surface area (Å²) in [6.07, 6.45) is -0.417. The molecule has 1 saturated heterocycles. The number of nitrogens with one attached hydrogen (secondary N) is 2. The van der Waals surface area contributed by atoms with Crippen LogP contribution in [-0.4, -0.2) is 41.9 Å². The third-order valence-corrected chi connectivity index (χ3v) is 3.63. The van der Waals surface area contributed by atoms with Gasteiger partial charge < -0.3 is 20.3 Å². The second kappa shape index (κ2) is 7.40. The van der Waals surface area contributed by atoms with Crippen LogP contribution in [0.15, 0.2) is 40.9 Å². The van der Waals surface area contributed by atoms with Gasteiger partial charge in [0.1, 0.15) is 5.69 Å². The monoisotopic (exact) mass is 323 g/mol. The zero-order valence-electron chi connectivity index (χ0n) is 11.9. The van der Waals surface area contributed by atoms with E-state index in [1.807, 2.05) is 30.3 Å². The molecule has 3 N–H and O–H groups in total. The number of carbonyl (C=O) groups excluding carboxylic acids is 1. The number of nitrogens with zero attached hydrogens (tertiary/aromatic N) is 1. The van der Waals surface area contributed by atoms with E-state index in [2.05, 4.69) is 15.8 Å². The van der Waals surface area contributed by atoms with Crippen molar-refractivity contribution >= 4 is 18.3 Å². The molecule has 6 nitrogen and oxygen atoms in total. The van der Waals surface area contributed by atoms with Crippen LogP contribution in [-0.2, 0) is 0 Å². The second-order valence-electron chi connectivity index (χ2n) is 5.14. The van der Waals surface area contributed by atoms with Gasteiger partial charge in [-0.05, 0) is 0 Å². The Balaban J connectivity index is 0.00000176. The van der Waals surface area contributed by atoms with E-state index in [4.69, 9.17) is 4.52 Å². The average molecular weight is 324 g/mol. The fraction of sp³-hybridized carbons (Fsp3) is 0.333. The SMILES string of the molecule is Cl.O=C(NCC1CNCC1O)c1cc(-c2ccccc2)no1. The molecule has 3 rings (SSSR count). The Kier molecular flexibility index (Phi) is 5.54. The molecule has 0 spiro atoms. The van der Waals surface area contributed by atoms with Crippen LogP contribution < -0.4 is 10.6 Å². The van der Waals surface area contributed by atoms with E-state index in [-0.39, 0.29) is 30.0 Å². The van der Waals surface area contributed by atoms with E-state index in [1.54, 1.807) is 6.07 Å². The van der Waals surface area contributed by atoms with Gasteiger partial charge in [0, 0.05) is 37.2 Å². The number of hydrogen-bond acceptors (Lipinski definition) is 5. The van der Waals surface area contributed by atoms with Crippen molar-refractivity contribution in [3.63, 3.8) is 0 Å². The van der Waals surface area contributed by atoms with Gasteiger partial charge in [-0.15, -0.1) is 12.4 Å². The Hall–Kier alpha value is -1.89. The Morgan fingerprint density at radius 3 is 2.82 bits per heavy atom. The normalized spacial score (nSPS) is 20.4. The molecular formula is C15H18ClN3O3. The van der Waals surface area contributed by atoms with Crippen LogP contribution in [0.3, 0.4) is 0 Å². The molecule has 1 fully saturated rings. The van der Waals surface area contributed by atoms with Crippen molar-refractivity contribution < 1.29 is 14.4 Å². The molecule has 2 heterocycles. The molecule has 2 aromatic rings. The van der Waals surface area contributed by atoms with E-state index >= 15 is 0 Å². The molecule has 1 aromatic carbocycles. The molecule has 0 bridgehead atoms. The third-order valence-electron chi connectivity index (χ3n) is 3.63. The van der Waals surface area contributed by atoms with E-state index < -0.39 is 6.10 Å². The lowest BCUT2D eigenvalue weighted by Gasteiger charge is -2.12. The first-order valence-corrected chi connectivity index (χ1v) is 6.93. The van der Waals surface area contributed by atoms with Crippen molar-refractivity contribution in [1.82, 2.24) is 15.8 Å². The number of aliphatic hydroxyl groups is 1. The minimum atomic E-state index is -0.417. The Morgan fingerprint density at radius 2 is 2.14 bits per heavy atom. The lowest BCUT2D eigenvalue weighted by Crippen LogP contribution is -2.34. The number of halogens is 1. The van der Waals surface area contributed by atoms with Crippen LogP contribution in [0.1, 0.15) is 10.6 Å². The quantitative estimate of drug-likeness (QED) is 0.783. The molecule has 1 aromatic heterocycles. The van der Waals surface area contributed by atoms with Crippen LogP contribution in [0.5, 0.6) is 0 Å². The van der Waals surface area contributed by atoms with Gasteiger partial charge in [-0.3, -0.25) is 4.79 Å². The molecule has 1 aliphatic rings. The lowest BCUT2D eigenvalue weighted by atomic mass is 10.1. The van der Waals surface area contributed by atoms with Crippen molar-refractivity contribution in [2.24, 2.45) is 5.92 Å². The van der Waals surface area contributed by atoms with Gasteiger partial charge in [-0.2, -0.15) is 0 Å². The Labute approximate surface area is 134 Å². The molecule has 7 heteroatoms. The van der Waals surface area contributed by atoms with Gasteiger partial charge >= 0.3 is 0 Å². The topological polar surface area (TPSA) is 87.4 Å². The highest BCUT2D eigenvalue weighted by Crippen LogP contribution is 2.18. The predicted octanol–water partition coefficient (Wildman–Crippen LogP) is 1.07. The van der Waals surface area contributed by atoms with E-state index in [0.717, 1.165) is 5.56 Å².